The number of amides is 1. The third-order valence-electron chi connectivity index (χ3n) is 5.93. The van der Waals surface area contributed by atoms with E-state index in [0.29, 0.717) is 26.3 Å². The molecule has 1 unspecified atom stereocenters. The Morgan fingerprint density at radius 3 is 2.55 bits per heavy atom. The molecule has 1 atom stereocenters. The minimum absolute atomic E-state index is 0.161. The lowest BCUT2D eigenvalue weighted by Gasteiger charge is -2.28. The van der Waals surface area contributed by atoms with Crippen LogP contribution in [0.15, 0.2) is 42.5 Å². The molecule has 5 nitrogen and oxygen atoms in total. The Bertz CT molecular complexity index is 850. The quantitative estimate of drug-likeness (QED) is 0.747. The topological polar surface area (TPSA) is 42.0 Å². The number of rotatable bonds is 6. The summed E-state index contributed by atoms with van der Waals surface area (Å²) in [6.07, 6.45) is 3.20. The van der Waals surface area contributed by atoms with Crippen LogP contribution in [0.2, 0.25) is 0 Å². The van der Waals surface area contributed by atoms with Crippen molar-refractivity contribution in [3.63, 3.8) is 0 Å². The van der Waals surface area contributed by atoms with Crippen LogP contribution in [0.4, 0.5) is 0 Å². The third-order valence-corrected chi connectivity index (χ3v) is 5.93. The van der Waals surface area contributed by atoms with Gasteiger partial charge in [-0.3, -0.25) is 9.69 Å². The number of likely N-dealkylation sites (tertiary alicyclic amines) is 1. The molecule has 0 aromatic heterocycles. The lowest BCUT2D eigenvalue weighted by atomic mass is 10.0. The van der Waals surface area contributed by atoms with Gasteiger partial charge in [-0.1, -0.05) is 37.3 Å². The van der Waals surface area contributed by atoms with E-state index in [1.165, 1.54) is 16.7 Å². The van der Waals surface area contributed by atoms with Crippen LogP contribution in [-0.4, -0.2) is 49.1 Å². The van der Waals surface area contributed by atoms with Crippen molar-refractivity contribution in [1.82, 2.24) is 9.80 Å². The molecule has 0 saturated carbocycles. The summed E-state index contributed by atoms with van der Waals surface area (Å²) >= 11 is 0. The van der Waals surface area contributed by atoms with Crippen molar-refractivity contribution >= 4 is 5.91 Å². The van der Waals surface area contributed by atoms with Gasteiger partial charge < -0.3 is 14.4 Å². The Balaban J connectivity index is 1.39. The zero-order chi connectivity index (χ0) is 20.2. The van der Waals surface area contributed by atoms with Gasteiger partial charge in [0.05, 0.1) is 6.54 Å². The Labute approximate surface area is 173 Å². The maximum absolute atomic E-state index is 12.9. The molecular formula is C24H30N2O3. The second kappa shape index (κ2) is 8.87. The summed E-state index contributed by atoms with van der Waals surface area (Å²) < 4.78 is 11.4. The number of carbonyl (C=O) groups is 1. The molecule has 0 radical (unpaired) electrons. The molecule has 1 fully saturated rings. The first-order valence-corrected chi connectivity index (χ1v) is 10.6. The molecule has 0 bridgehead atoms. The first-order chi connectivity index (χ1) is 14.1. The number of fused-ring (bicyclic) bond motifs is 1. The van der Waals surface area contributed by atoms with Gasteiger partial charge in [0.15, 0.2) is 11.5 Å². The summed E-state index contributed by atoms with van der Waals surface area (Å²) in [6.45, 7) is 5.38. The van der Waals surface area contributed by atoms with Crippen LogP contribution >= 0.6 is 0 Å². The summed E-state index contributed by atoms with van der Waals surface area (Å²) in [5.74, 6) is 1.79. The Hall–Kier alpha value is -2.53. The maximum Gasteiger partial charge on any atom is 0.236 e. The first-order valence-electron chi connectivity index (χ1n) is 10.6. The van der Waals surface area contributed by atoms with Crippen molar-refractivity contribution in [2.75, 3.05) is 33.4 Å². The fourth-order valence-electron chi connectivity index (χ4n) is 4.20. The standard InChI is InChI=1S/C24H30N2O3/c1-3-18-6-8-19(9-7-18)16-25(2)24(27)17-26-12-4-5-21(26)20-10-11-22-23(15-20)29-14-13-28-22/h6-11,15,21H,3-5,12-14,16-17H2,1-2H3. The van der Waals surface area contributed by atoms with Crippen LogP contribution in [0.5, 0.6) is 11.5 Å². The van der Waals surface area contributed by atoms with E-state index in [0.717, 1.165) is 37.3 Å². The SMILES string of the molecule is CCc1ccc(CN(C)C(=O)CN2CCCC2c2ccc3c(c2)OCCO3)cc1. The van der Waals surface area contributed by atoms with Gasteiger partial charge in [0, 0.05) is 19.6 Å². The number of hydrogen-bond donors (Lipinski definition) is 0. The summed E-state index contributed by atoms with van der Waals surface area (Å²) in [5.41, 5.74) is 3.70. The zero-order valence-corrected chi connectivity index (χ0v) is 17.4. The molecular weight excluding hydrogens is 364 g/mol. The van der Waals surface area contributed by atoms with Crippen molar-refractivity contribution in [3.05, 3.63) is 59.2 Å². The molecule has 1 saturated heterocycles. The smallest absolute Gasteiger partial charge is 0.236 e. The van der Waals surface area contributed by atoms with Gasteiger partial charge in [-0.2, -0.15) is 0 Å². The van der Waals surface area contributed by atoms with Gasteiger partial charge in [-0.05, 0) is 54.6 Å². The fourth-order valence-corrected chi connectivity index (χ4v) is 4.20. The number of aryl methyl sites for hydroxylation is 1. The minimum Gasteiger partial charge on any atom is -0.486 e. The predicted molar refractivity (Wildman–Crippen MR) is 113 cm³/mol. The summed E-state index contributed by atoms with van der Waals surface area (Å²) in [7, 11) is 1.89. The van der Waals surface area contributed by atoms with E-state index in [9.17, 15) is 4.79 Å². The first kappa shape index (κ1) is 19.8. The van der Waals surface area contributed by atoms with Gasteiger partial charge >= 0.3 is 0 Å². The number of nitrogens with zero attached hydrogens (tertiary/aromatic N) is 2. The second-order valence-electron chi connectivity index (χ2n) is 7.95. The molecule has 0 N–H and O–H groups in total. The molecule has 29 heavy (non-hydrogen) atoms. The average Bonchev–Trinajstić information content (AvgIpc) is 3.22. The molecule has 2 aromatic rings. The molecule has 154 valence electrons. The Kier molecular flexibility index (Phi) is 6.05. The lowest BCUT2D eigenvalue weighted by molar-refractivity contribution is -0.131. The van der Waals surface area contributed by atoms with Crippen molar-refractivity contribution in [2.45, 2.75) is 38.8 Å². The Morgan fingerprint density at radius 2 is 1.79 bits per heavy atom. The highest BCUT2D eigenvalue weighted by atomic mass is 16.6. The van der Waals surface area contributed by atoms with Crippen molar-refractivity contribution in [3.8, 4) is 11.5 Å². The van der Waals surface area contributed by atoms with Crippen LogP contribution in [0.3, 0.4) is 0 Å². The van der Waals surface area contributed by atoms with Crippen molar-refractivity contribution in [1.29, 1.82) is 0 Å². The molecule has 2 heterocycles. The van der Waals surface area contributed by atoms with E-state index in [1.54, 1.807) is 0 Å². The second-order valence-corrected chi connectivity index (χ2v) is 7.95. The van der Waals surface area contributed by atoms with E-state index in [4.69, 9.17) is 9.47 Å². The summed E-state index contributed by atoms with van der Waals surface area (Å²) in [4.78, 5) is 17.0. The average molecular weight is 395 g/mol. The summed E-state index contributed by atoms with van der Waals surface area (Å²) in [6, 6.07) is 15.0. The lowest BCUT2D eigenvalue weighted by Crippen LogP contribution is -2.37. The highest BCUT2D eigenvalue weighted by Crippen LogP contribution is 2.37. The van der Waals surface area contributed by atoms with Crippen molar-refractivity contribution in [2.24, 2.45) is 0 Å². The van der Waals surface area contributed by atoms with E-state index in [1.807, 2.05) is 18.0 Å². The molecule has 2 aliphatic heterocycles. The molecule has 4 rings (SSSR count). The molecule has 0 aliphatic carbocycles. The van der Waals surface area contributed by atoms with Crippen molar-refractivity contribution < 1.29 is 14.3 Å². The highest BCUT2D eigenvalue weighted by molar-refractivity contribution is 5.78. The van der Waals surface area contributed by atoms with E-state index < -0.39 is 0 Å². The van der Waals surface area contributed by atoms with E-state index in [2.05, 4.69) is 48.2 Å². The molecule has 0 spiro atoms. The van der Waals surface area contributed by atoms with E-state index >= 15 is 0 Å². The number of likely N-dealkylation sites (N-methyl/N-ethyl adjacent to an activating group) is 1. The predicted octanol–water partition coefficient (Wildman–Crippen LogP) is 3.82. The Morgan fingerprint density at radius 1 is 1.07 bits per heavy atom. The van der Waals surface area contributed by atoms with Crippen LogP contribution in [0.25, 0.3) is 0 Å². The van der Waals surface area contributed by atoms with Gasteiger partial charge in [-0.15, -0.1) is 0 Å². The number of carbonyl (C=O) groups excluding carboxylic acids is 1. The van der Waals surface area contributed by atoms with Gasteiger partial charge in [0.1, 0.15) is 13.2 Å². The van der Waals surface area contributed by atoms with E-state index in [-0.39, 0.29) is 11.9 Å². The fraction of sp³-hybridized carbons (Fsp3) is 0.458. The molecule has 1 amide bonds. The van der Waals surface area contributed by atoms with Crippen LogP contribution in [0.1, 0.15) is 42.5 Å². The largest absolute Gasteiger partial charge is 0.486 e. The normalized spacial score (nSPS) is 18.6. The maximum atomic E-state index is 12.9. The van der Waals surface area contributed by atoms with Gasteiger partial charge in [0.2, 0.25) is 5.91 Å². The number of hydrogen-bond acceptors (Lipinski definition) is 4. The van der Waals surface area contributed by atoms with Gasteiger partial charge in [0.25, 0.3) is 0 Å². The number of benzene rings is 2. The van der Waals surface area contributed by atoms with Crippen LogP contribution in [-0.2, 0) is 17.8 Å². The third kappa shape index (κ3) is 4.56. The molecule has 5 heteroatoms. The van der Waals surface area contributed by atoms with Crippen LogP contribution < -0.4 is 9.47 Å². The van der Waals surface area contributed by atoms with Gasteiger partial charge in [-0.25, -0.2) is 0 Å². The molecule has 2 aliphatic rings. The minimum atomic E-state index is 0.161. The highest BCUT2D eigenvalue weighted by Gasteiger charge is 2.29. The zero-order valence-electron chi connectivity index (χ0n) is 17.4. The summed E-state index contributed by atoms with van der Waals surface area (Å²) in [5, 5.41) is 0. The van der Waals surface area contributed by atoms with Crippen LogP contribution in [0, 0.1) is 0 Å². The number of ether oxygens (including phenoxy) is 2. The monoisotopic (exact) mass is 394 g/mol. The molecule has 2 aromatic carbocycles.